The fourth-order valence-corrected chi connectivity index (χ4v) is 1.68. The first-order valence-corrected chi connectivity index (χ1v) is 6.91. The molecule has 0 aliphatic carbocycles. The molecule has 0 bridgehead atoms. The van der Waals surface area contributed by atoms with Gasteiger partial charge in [0.1, 0.15) is 5.75 Å². The Morgan fingerprint density at radius 3 is 2.33 bits per heavy atom. The predicted octanol–water partition coefficient (Wildman–Crippen LogP) is 3.95. The Hall–Kier alpha value is -1.02. The summed E-state index contributed by atoms with van der Waals surface area (Å²) in [5.74, 6) is 1.57. The number of nitrogens with two attached hydrogens (primary N) is 1. The van der Waals surface area contributed by atoms with Crippen LogP contribution in [0.5, 0.6) is 5.75 Å². The van der Waals surface area contributed by atoms with E-state index in [0.717, 1.165) is 18.8 Å². The first-order chi connectivity index (χ1) is 8.48. The van der Waals surface area contributed by atoms with Crippen LogP contribution < -0.4 is 10.5 Å². The molecule has 0 saturated carbocycles. The topological polar surface area (TPSA) is 35.2 Å². The lowest BCUT2D eigenvalue weighted by atomic mass is 9.90. The predicted molar refractivity (Wildman–Crippen MR) is 78.1 cm³/mol. The quantitative estimate of drug-likeness (QED) is 0.794. The summed E-state index contributed by atoms with van der Waals surface area (Å²) in [7, 11) is 0. The molecule has 0 fully saturated rings. The molecule has 0 heterocycles. The van der Waals surface area contributed by atoms with Crippen LogP contribution in [-0.4, -0.2) is 13.2 Å². The van der Waals surface area contributed by atoms with Gasteiger partial charge in [-0.2, -0.15) is 0 Å². The molecule has 1 atom stereocenters. The minimum absolute atomic E-state index is 0.163. The lowest BCUT2D eigenvalue weighted by molar-refractivity contribution is 0.233. The van der Waals surface area contributed by atoms with E-state index in [2.05, 4.69) is 52.0 Å². The van der Waals surface area contributed by atoms with Crippen molar-refractivity contribution >= 4 is 0 Å². The van der Waals surface area contributed by atoms with Crippen LogP contribution in [0.15, 0.2) is 24.3 Å². The average Bonchev–Trinajstić information content (AvgIpc) is 2.38. The Morgan fingerprint density at radius 1 is 1.22 bits per heavy atom. The van der Waals surface area contributed by atoms with Gasteiger partial charge in [-0.3, -0.25) is 0 Å². The van der Waals surface area contributed by atoms with Crippen LogP contribution in [0.2, 0.25) is 0 Å². The summed E-state index contributed by atoms with van der Waals surface area (Å²) in [4.78, 5) is 0. The molecule has 102 valence electrons. The summed E-state index contributed by atoms with van der Waals surface area (Å²) in [5, 5.41) is 0. The van der Waals surface area contributed by atoms with E-state index in [1.54, 1.807) is 0 Å². The summed E-state index contributed by atoms with van der Waals surface area (Å²) >= 11 is 0. The molecule has 1 unspecified atom stereocenters. The van der Waals surface area contributed by atoms with Crippen molar-refractivity contribution in [2.75, 3.05) is 13.2 Å². The second kappa shape index (κ2) is 6.79. The number of hydrogen-bond acceptors (Lipinski definition) is 2. The highest BCUT2D eigenvalue weighted by Crippen LogP contribution is 2.23. The minimum atomic E-state index is 0.163. The molecule has 0 aliphatic heterocycles. The Morgan fingerprint density at radius 2 is 1.83 bits per heavy atom. The molecule has 0 aliphatic rings. The first kappa shape index (κ1) is 15.0. The third-order valence-electron chi connectivity index (χ3n) is 3.66. The van der Waals surface area contributed by atoms with E-state index in [1.807, 2.05) is 0 Å². The van der Waals surface area contributed by atoms with Crippen LogP contribution in [0, 0.1) is 5.41 Å². The second-order valence-corrected chi connectivity index (χ2v) is 5.85. The standard InChI is InChI=1S/C16H27NO/c1-5-13(2)14-6-8-15(9-7-14)18-11-10-16(3,4)12-17/h6-9,13H,5,10-12,17H2,1-4H3. The van der Waals surface area contributed by atoms with Crippen LogP contribution in [0.25, 0.3) is 0 Å². The lowest BCUT2D eigenvalue weighted by Crippen LogP contribution is -2.25. The fraction of sp³-hybridized carbons (Fsp3) is 0.625. The highest BCUT2D eigenvalue weighted by molar-refractivity contribution is 5.29. The fourth-order valence-electron chi connectivity index (χ4n) is 1.68. The third-order valence-corrected chi connectivity index (χ3v) is 3.66. The van der Waals surface area contributed by atoms with Gasteiger partial charge in [-0.05, 0) is 48.4 Å². The van der Waals surface area contributed by atoms with Gasteiger partial charge in [0.25, 0.3) is 0 Å². The zero-order chi connectivity index (χ0) is 13.6. The van der Waals surface area contributed by atoms with Gasteiger partial charge < -0.3 is 10.5 Å². The van der Waals surface area contributed by atoms with E-state index < -0.39 is 0 Å². The second-order valence-electron chi connectivity index (χ2n) is 5.85. The first-order valence-electron chi connectivity index (χ1n) is 6.91. The zero-order valence-corrected chi connectivity index (χ0v) is 12.2. The summed E-state index contributed by atoms with van der Waals surface area (Å²) in [6, 6.07) is 8.46. The van der Waals surface area contributed by atoms with E-state index >= 15 is 0 Å². The van der Waals surface area contributed by atoms with E-state index in [-0.39, 0.29) is 5.41 Å². The van der Waals surface area contributed by atoms with Crippen LogP contribution >= 0.6 is 0 Å². The van der Waals surface area contributed by atoms with Gasteiger partial charge in [-0.25, -0.2) is 0 Å². The van der Waals surface area contributed by atoms with Crippen molar-refractivity contribution in [3.8, 4) is 5.75 Å². The molecule has 0 aromatic heterocycles. The number of hydrogen-bond donors (Lipinski definition) is 1. The van der Waals surface area contributed by atoms with Crippen LogP contribution in [0.3, 0.4) is 0 Å². The monoisotopic (exact) mass is 249 g/mol. The summed E-state index contributed by atoms with van der Waals surface area (Å²) < 4.78 is 5.76. The number of rotatable bonds is 7. The van der Waals surface area contributed by atoms with Crippen LogP contribution in [0.1, 0.15) is 52.0 Å². The van der Waals surface area contributed by atoms with Crippen molar-refractivity contribution in [2.24, 2.45) is 11.1 Å². The molecular weight excluding hydrogens is 222 g/mol. The molecule has 1 aromatic rings. The molecule has 0 radical (unpaired) electrons. The molecule has 2 N–H and O–H groups in total. The van der Waals surface area contributed by atoms with Crippen molar-refractivity contribution in [2.45, 2.75) is 46.5 Å². The normalized spacial score (nSPS) is 13.4. The maximum absolute atomic E-state index is 5.76. The van der Waals surface area contributed by atoms with Crippen LogP contribution in [-0.2, 0) is 0 Å². The molecule has 0 amide bonds. The molecule has 0 spiro atoms. The zero-order valence-electron chi connectivity index (χ0n) is 12.2. The van der Waals surface area contributed by atoms with Gasteiger partial charge >= 0.3 is 0 Å². The largest absolute Gasteiger partial charge is 0.494 e. The van der Waals surface area contributed by atoms with Crippen molar-refractivity contribution < 1.29 is 4.74 Å². The SMILES string of the molecule is CCC(C)c1ccc(OCCC(C)(C)CN)cc1. The molecule has 0 saturated heterocycles. The van der Waals surface area contributed by atoms with Crippen molar-refractivity contribution in [1.82, 2.24) is 0 Å². The molecule has 18 heavy (non-hydrogen) atoms. The summed E-state index contributed by atoms with van der Waals surface area (Å²) in [6.45, 7) is 10.2. The van der Waals surface area contributed by atoms with Gasteiger partial charge in [0.05, 0.1) is 6.61 Å². The Bertz CT molecular complexity index is 343. The number of ether oxygens (including phenoxy) is 1. The van der Waals surface area contributed by atoms with Crippen LogP contribution in [0.4, 0.5) is 0 Å². The van der Waals surface area contributed by atoms with Crippen molar-refractivity contribution in [3.05, 3.63) is 29.8 Å². The lowest BCUT2D eigenvalue weighted by Gasteiger charge is -2.22. The average molecular weight is 249 g/mol. The Labute approximate surface area is 112 Å². The van der Waals surface area contributed by atoms with E-state index in [1.165, 1.54) is 12.0 Å². The minimum Gasteiger partial charge on any atom is -0.494 e. The van der Waals surface area contributed by atoms with Gasteiger partial charge in [0.15, 0.2) is 0 Å². The van der Waals surface area contributed by atoms with Gasteiger partial charge in [-0.1, -0.05) is 39.8 Å². The Kier molecular flexibility index (Phi) is 5.67. The van der Waals surface area contributed by atoms with Crippen molar-refractivity contribution in [1.29, 1.82) is 0 Å². The Balaban J connectivity index is 2.45. The smallest absolute Gasteiger partial charge is 0.119 e. The maximum Gasteiger partial charge on any atom is 0.119 e. The van der Waals surface area contributed by atoms with Gasteiger partial charge in [0.2, 0.25) is 0 Å². The van der Waals surface area contributed by atoms with Gasteiger partial charge in [-0.15, -0.1) is 0 Å². The molecular formula is C16H27NO. The molecule has 2 nitrogen and oxygen atoms in total. The van der Waals surface area contributed by atoms with Gasteiger partial charge in [0, 0.05) is 0 Å². The van der Waals surface area contributed by atoms with E-state index in [4.69, 9.17) is 10.5 Å². The van der Waals surface area contributed by atoms with E-state index in [9.17, 15) is 0 Å². The highest BCUT2D eigenvalue weighted by Gasteiger charge is 2.15. The molecule has 2 heteroatoms. The number of benzene rings is 1. The molecule has 1 aromatic carbocycles. The summed E-state index contributed by atoms with van der Waals surface area (Å²) in [5.41, 5.74) is 7.24. The maximum atomic E-state index is 5.76. The highest BCUT2D eigenvalue weighted by atomic mass is 16.5. The summed E-state index contributed by atoms with van der Waals surface area (Å²) in [6.07, 6.45) is 2.15. The third kappa shape index (κ3) is 4.69. The molecule has 1 rings (SSSR count). The van der Waals surface area contributed by atoms with E-state index in [0.29, 0.717) is 12.5 Å². The van der Waals surface area contributed by atoms with Crippen molar-refractivity contribution in [3.63, 3.8) is 0 Å².